The summed E-state index contributed by atoms with van der Waals surface area (Å²) < 4.78 is 5.42. The fourth-order valence-corrected chi connectivity index (χ4v) is 2.06. The number of nitrogens with zero attached hydrogens (tertiary/aromatic N) is 2. The average molecular weight is 307 g/mol. The maximum Gasteiger partial charge on any atom is 0.261 e. The molecule has 0 atom stereocenters. The normalized spacial score (nSPS) is 15.0. The van der Waals surface area contributed by atoms with Gasteiger partial charge in [-0.1, -0.05) is 12.2 Å². The summed E-state index contributed by atoms with van der Waals surface area (Å²) in [5.74, 6) is 0.300. The third kappa shape index (κ3) is 3.91. The van der Waals surface area contributed by atoms with E-state index in [9.17, 15) is 9.59 Å². The minimum absolute atomic E-state index is 0.0598. The van der Waals surface area contributed by atoms with Crippen LogP contribution in [0.1, 0.15) is 5.56 Å². The second-order valence-electron chi connectivity index (χ2n) is 4.81. The van der Waals surface area contributed by atoms with Crippen LogP contribution in [0.4, 0.5) is 0 Å². The Morgan fingerprint density at radius 1 is 1.33 bits per heavy atom. The average Bonchev–Trinajstić information content (AvgIpc) is 2.48. The van der Waals surface area contributed by atoms with E-state index in [4.69, 9.17) is 22.7 Å². The molecule has 1 heterocycles. The number of rotatable bonds is 4. The Morgan fingerprint density at radius 3 is 2.57 bits per heavy atom. The van der Waals surface area contributed by atoms with Crippen molar-refractivity contribution in [3.63, 3.8) is 0 Å². The molecule has 0 aromatic heterocycles. The number of carbonyl (C=O) groups is 2. The van der Waals surface area contributed by atoms with Gasteiger partial charge in [-0.25, -0.2) is 0 Å². The number of ether oxygens (including phenoxy) is 1. The summed E-state index contributed by atoms with van der Waals surface area (Å²) in [7, 11) is 1.73. The van der Waals surface area contributed by atoms with Gasteiger partial charge in [0.1, 0.15) is 10.7 Å². The summed E-state index contributed by atoms with van der Waals surface area (Å²) in [6.07, 6.45) is 0. The third-order valence-corrected chi connectivity index (χ3v) is 3.55. The van der Waals surface area contributed by atoms with Crippen LogP contribution < -0.4 is 10.5 Å². The molecule has 1 fully saturated rings. The molecular weight excluding hydrogens is 290 g/mol. The molecule has 0 spiro atoms. The monoisotopic (exact) mass is 307 g/mol. The molecule has 112 valence electrons. The molecule has 1 aromatic carbocycles. The second kappa shape index (κ2) is 6.53. The van der Waals surface area contributed by atoms with E-state index in [1.165, 1.54) is 4.90 Å². The molecule has 1 saturated heterocycles. The van der Waals surface area contributed by atoms with Crippen LogP contribution >= 0.6 is 12.2 Å². The maximum atomic E-state index is 12.0. The van der Waals surface area contributed by atoms with Gasteiger partial charge in [-0.15, -0.1) is 0 Å². The van der Waals surface area contributed by atoms with Crippen molar-refractivity contribution < 1.29 is 14.3 Å². The lowest BCUT2D eigenvalue weighted by atomic mass is 10.2. The van der Waals surface area contributed by atoms with E-state index >= 15 is 0 Å². The Morgan fingerprint density at radius 2 is 2.00 bits per heavy atom. The molecular formula is C14H17N3O3S. The van der Waals surface area contributed by atoms with Crippen LogP contribution in [0.15, 0.2) is 24.3 Å². The van der Waals surface area contributed by atoms with Crippen molar-refractivity contribution in [1.29, 1.82) is 0 Å². The molecule has 0 radical (unpaired) electrons. The summed E-state index contributed by atoms with van der Waals surface area (Å²) in [5, 5.41) is 0. The minimum Gasteiger partial charge on any atom is -0.484 e. The van der Waals surface area contributed by atoms with Gasteiger partial charge in [-0.3, -0.25) is 9.59 Å². The molecule has 2 N–H and O–H groups in total. The van der Waals surface area contributed by atoms with Gasteiger partial charge in [-0.05, 0) is 24.3 Å². The minimum atomic E-state index is -0.199. The van der Waals surface area contributed by atoms with Gasteiger partial charge in [0.2, 0.25) is 5.91 Å². The zero-order valence-electron chi connectivity index (χ0n) is 11.7. The molecule has 0 unspecified atom stereocenters. The number of benzene rings is 1. The van der Waals surface area contributed by atoms with Crippen molar-refractivity contribution in [2.24, 2.45) is 5.73 Å². The van der Waals surface area contributed by atoms with Crippen LogP contribution in [0, 0.1) is 0 Å². The summed E-state index contributed by atoms with van der Waals surface area (Å²) >= 11 is 4.86. The molecule has 6 nitrogen and oxygen atoms in total. The van der Waals surface area contributed by atoms with E-state index < -0.39 is 0 Å². The standard InChI is InChI=1S/C14H17N3O3S/c1-16-6-7-17(8-12(16)18)13(19)9-20-11-4-2-10(3-5-11)14(15)21/h2-5H,6-9H2,1H3,(H2,15,21). The van der Waals surface area contributed by atoms with Gasteiger partial charge < -0.3 is 20.3 Å². The number of thiocarbonyl (C=S) groups is 1. The number of hydrogen-bond acceptors (Lipinski definition) is 4. The zero-order valence-corrected chi connectivity index (χ0v) is 12.6. The zero-order chi connectivity index (χ0) is 15.4. The molecule has 0 bridgehead atoms. The van der Waals surface area contributed by atoms with Crippen molar-refractivity contribution >= 4 is 29.0 Å². The first-order valence-electron chi connectivity index (χ1n) is 6.52. The first kappa shape index (κ1) is 15.2. The lowest BCUT2D eigenvalue weighted by molar-refractivity contribution is -0.145. The molecule has 7 heteroatoms. The van der Waals surface area contributed by atoms with Crippen molar-refractivity contribution in [2.45, 2.75) is 0 Å². The first-order valence-corrected chi connectivity index (χ1v) is 6.92. The van der Waals surface area contributed by atoms with E-state index in [0.717, 1.165) is 5.56 Å². The number of piperazine rings is 1. The highest BCUT2D eigenvalue weighted by Crippen LogP contribution is 2.12. The molecule has 1 aliphatic rings. The molecule has 2 rings (SSSR count). The summed E-state index contributed by atoms with van der Waals surface area (Å²) in [4.78, 5) is 27.0. The highest BCUT2D eigenvalue weighted by atomic mass is 32.1. The summed E-state index contributed by atoms with van der Waals surface area (Å²) in [6, 6.07) is 6.89. The number of nitrogens with two attached hydrogens (primary N) is 1. The highest BCUT2D eigenvalue weighted by Gasteiger charge is 2.24. The van der Waals surface area contributed by atoms with E-state index in [0.29, 0.717) is 23.8 Å². The molecule has 0 saturated carbocycles. The number of likely N-dealkylation sites (N-methyl/N-ethyl adjacent to an activating group) is 1. The number of amides is 2. The van der Waals surface area contributed by atoms with Crippen molar-refractivity contribution in [3.8, 4) is 5.75 Å². The van der Waals surface area contributed by atoms with Crippen LogP contribution in [0.5, 0.6) is 5.75 Å². The predicted octanol–water partition coefficient (Wildman–Crippen LogP) is 0.000200. The van der Waals surface area contributed by atoms with E-state index in [1.54, 1.807) is 36.2 Å². The largest absolute Gasteiger partial charge is 0.484 e. The van der Waals surface area contributed by atoms with Gasteiger partial charge in [0.25, 0.3) is 5.91 Å². The Balaban J connectivity index is 1.86. The quantitative estimate of drug-likeness (QED) is 0.793. The van der Waals surface area contributed by atoms with Gasteiger partial charge >= 0.3 is 0 Å². The van der Waals surface area contributed by atoms with Crippen molar-refractivity contribution in [3.05, 3.63) is 29.8 Å². The lowest BCUT2D eigenvalue weighted by Crippen LogP contribution is -2.51. The van der Waals surface area contributed by atoms with Crippen LogP contribution in [-0.2, 0) is 9.59 Å². The highest BCUT2D eigenvalue weighted by molar-refractivity contribution is 7.80. The van der Waals surface area contributed by atoms with E-state index in [2.05, 4.69) is 0 Å². The van der Waals surface area contributed by atoms with Crippen LogP contribution in [0.25, 0.3) is 0 Å². The van der Waals surface area contributed by atoms with Gasteiger partial charge in [0.15, 0.2) is 6.61 Å². The van der Waals surface area contributed by atoms with Gasteiger partial charge in [-0.2, -0.15) is 0 Å². The molecule has 1 aliphatic heterocycles. The van der Waals surface area contributed by atoms with Crippen LogP contribution in [-0.4, -0.2) is 59.9 Å². The lowest BCUT2D eigenvalue weighted by Gasteiger charge is -2.31. The predicted molar refractivity (Wildman–Crippen MR) is 82.0 cm³/mol. The smallest absolute Gasteiger partial charge is 0.261 e. The molecule has 1 aromatic rings. The van der Waals surface area contributed by atoms with Crippen molar-refractivity contribution in [2.75, 3.05) is 33.3 Å². The van der Waals surface area contributed by atoms with Crippen molar-refractivity contribution in [1.82, 2.24) is 9.80 Å². The fourth-order valence-electron chi connectivity index (χ4n) is 1.92. The Kier molecular flexibility index (Phi) is 4.74. The van der Waals surface area contributed by atoms with Gasteiger partial charge in [0.05, 0.1) is 6.54 Å². The van der Waals surface area contributed by atoms with Crippen LogP contribution in [0.3, 0.4) is 0 Å². The summed E-state index contributed by atoms with van der Waals surface area (Å²) in [6.45, 7) is 1.10. The first-order chi connectivity index (χ1) is 9.97. The summed E-state index contributed by atoms with van der Waals surface area (Å²) in [5.41, 5.74) is 6.25. The topological polar surface area (TPSA) is 75.9 Å². The second-order valence-corrected chi connectivity index (χ2v) is 5.25. The fraction of sp³-hybridized carbons (Fsp3) is 0.357. The maximum absolute atomic E-state index is 12.0. The van der Waals surface area contributed by atoms with Gasteiger partial charge in [0, 0.05) is 25.7 Å². The SMILES string of the molecule is CN1CCN(C(=O)COc2ccc(C(N)=S)cc2)CC1=O. The van der Waals surface area contributed by atoms with Crippen LogP contribution in [0.2, 0.25) is 0 Å². The Bertz CT molecular complexity index is 559. The van der Waals surface area contributed by atoms with E-state index in [1.807, 2.05) is 0 Å². The Hall–Kier alpha value is -2.15. The Labute approximate surface area is 128 Å². The number of carbonyl (C=O) groups excluding carboxylic acids is 2. The van der Waals surface area contributed by atoms with E-state index in [-0.39, 0.29) is 25.0 Å². The third-order valence-electron chi connectivity index (χ3n) is 3.31. The molecule has 21 heavy (non-hydrogen) atoms. The molecule has 2 amide bonds. The number of hydrogen-bond donors (Lipinski definition) is 1. The molecule has 0 aliphatic carbocycles.